The van der Waals surface area contributed by atoms with E-state index in [4.69, 9.17) is 0 Å². The molecule has 0 N–H and O–H groups in total. The van der Waals surface area contributed by atoms with E-state index in [2.05, 4.69) is 48.6 Å². The second kappa shape index (κ2) is 8.55. The van der Waals surface area contributed by atoms with Crippen molar-refractivity contribution in [3.05, 3.63) is 48.6 Å². The zero-order valence-corrected chi connectivity index (χ0v) is 8.86. The van der Waals surface area contributed by atoms with Crippen LogP contribution < -0.4 is 0 Å². The fourth-order valence-electron chi connectivity index (χ4n) is 1.41. The molecule has 1 aliphatic rings. The minimum Gasteiger partial charge on any atom is -0.0845 e. The molecule has 1 rings (SSSR count). The summed E-state index contributed by atoms with van der Waals surface area (Å²) in [7, 11) is 0. The monoisotopic (exact) mass is 188 g/mol. The molecule has 0 aliphatic heterocycles. The van der Waals surface area contributed by atoms with E-state index in [1.165, 1.54) is 38.5 Å². The van der Waals surface area contributed by atoms with Crippen molar-refractivity contribution < 1.29 is 0 Å². The minimum atomic E-state index is 1.19. The Kier molecular flexibility index (Phi) is 6.74. The average Bonchev–Trinajstić information content (AvgIpc) is 2.22. The Morgan fingerprint density at radius 1 is 0.429 bits per heavy atom. The maximum absolute atomic E-state index is 2.26. The number of allylic oxidation sites excluding steroid dienone is 8. The molecule has 0 fully saturated rings. The molecular weight excluding hydrogens is 168 g/mol. The highest BCUT2D eigenvalue weighted by Crippen LogP contribution is 2.02. The molecule has 14 heavy (non-hydrogen) atoms. The Balaban J connectivity index is 2.33. The summed E-state index contributed by atoms with van der Waals surface area (Å²) >= 11 is 0. The molecule has 76 valence electrons. The molecule has 0 heterocycles. The molecule has 0 saturated carbocycles. The smallest absolute Gasteiger partial charge is 0.0345 e. The van der Waals surface area contributed by atoms with E-state index in [0.29, 0.717) is 0 Å². The van der Waals surface area contributed by atoms with Crippen molar-refractivity contribution in [2.45, 2.75) is 38.5 Å². The zero-order valence-electron chi connectivity index (χ0n) is 8.86. The molecule has 0 aromatic carbocycles. The van der Waals surface area contributed by atoms with E-state index in [9.17, 15) is 0 Å². The fourth-order valence-corrected chi connectivity index (χ4v) is 1.41. The summed E-state index contributed by atoms with van der Waals surface area (Å²) in [5, 5.41) is 0. The Morgan fingerprint density at radius 3 is 1.00 bits per heavy atom. The fraction of sp³-hybridized carbons (Fsp3) is 0.429. The van der Waals surface area contributed by atoms with Crippen molar-refractivity contribution in [3.8, 4) is 0 Å². The quantitative estimate of drug-likeness (QED) is 0.522. The summed E-state index contributed by atoms with van der Waals surface area (Å²) in [6.45, 7) is 0. The van der Waals surface area contributed by atoms with E-state index in [1.807, 2.05) is 0 Å². The lowest BCUT2D eigenvalue weighted by molar-refractivity contribution is 0.861. The van der Waals surface area contributed by atoms with Crippen molar-refractivity contribution in [2.75, 3.05) is 0 Å². The molecule has 0 nitrogen and oxygen atoms in total. The lowest BCUT2D eigenvalue weighted by atomic mass is 10.2. The summed E-state index contributed by atoms with van der Waals surface area (Å²) in [4.78, 5) is 0. The van der Waals surface area contributed by atoms with Crippen LogP contribution in [0.2, 0.25) is 0 Å². The Bertz CT molecular complexity index is 178. The van der Waals surface area contributed by atoms with Gasteiger partial charge in [-0.15, -0.1) is 0 Å². The first-order valence-corrected chi connectivity index (χ1v) is 5.63. The normalized spacial score (nSPS) is 24.0. The van der Waals surface area contributed by atoms with Crippen molar-refractivity contribution in [1.82, 2.24) is 0 Å². The van der Waals surface area contributed by atoms with Gasteiger partial charge in [0.1, 0.15) is 0 Å². The third-order valence-corrected chi connectivity index (χ3v) is 2.25. The minimum absolute atomic E-state index is 1.19. The highest BCUT2D eigenvalue weighted by Gasteiger charge is 1.82. The van der Waals surface area contributed by atoms with Crippen LogP contribution in [0.25, 0.3) is 0 Å². The molecule has 0 saturated heterocycles. The van der Waals surface area contributed by atoms with Crippen molar-refractivity contribution in [2.24, 2.45) is 0 Å². The predicted molar refractivity (Wildman–Crippen MR) is 64.3 cm³/mol. The van der Waals surface area contributed by atoms with Crippen LogP contribution >= 0.6 is 0 Å². The van der Waals surface area contributed by atoms with Crippen LogP contribution in [0.5, 0.6) is 0 Å². The summed E-state index contributed by atoms with van der Waals surface area (Å²) < 4.78 is 0. The van der Waals surface area contributed by atoms with Crippen LogP contribution in [-0.4, -0.2) is 0 Å². The predicted octanol–water partition coefficient (Wildman–Crippen LogP) is 4.57. The first-order chi connectivity index (χ1) is 7.00. The van der Waals surface area contributed by atoms with Gasteiger partial charge in [-0.05, 0) is 38.5 Å². The summed E-state index contributed by atoms with van der Waals surface area (Å²) in [6.07, 6.45) is 25.0. The van der Waals surface area contributed by atoms with E-state index in [1.54, 1.807) is 0 Å². The first kappa shape index (κ1) is 11.0. The standard InChI is InChI=1S/C14H20/c1-2-4-6-8-10-12-14-13-11-9-7-5-3-1/h1-4,11-14H,5-10H2/b3-1+,4-2+,13-11?,14-12?. The largest absolute Gasteiger partial charge is 0.0845 e. The van der Waals surface area contributed by atoms with Crippen LogP contribution in [-0.2, 0) is 0 Å². The number of rotatable bonds is 0. The second-order valence-corrected chi connectivity index (χ2v) is 3.57. The Morgan fingerprint density at radius 2 is 0.714 bits per heavy atom. The summed E-state index contributed by atoms with van der Waals surface area (Å²) in [6, 6.07) is 0. The topological polar surface area (TPSA) is 0 Å². The summed E-state index contributed by atoms with van der Waals surface area (Å²) in [5.74, 6) is 0. The SMILES string of the molecule is C1=CCCC/C=C/C=C/CCCC=C1. The number of hydrogen-bond acceptors (Lipinski definition) is 0. The van der Waals surface area contributed by atoms with E-state index < -0.39 is 0 Å². The van der Waals surface area contributed by atoms with Gasteiger partial charge in [0.15, 0.2) is 0 Å². The van der Waals surface area contributed by atoms with Crippen LogP contribution in [0, 0.1) is 0 Å². The average molecular weight is 188 g/mol. The molecule has 0 spiro atoms. The molecule has 1 aliphatic carbocycles. The molecule has 0 bridgehead atoms. The summed E-state index contributed by atoms with van der Waals surface area (Å²) in [5.41, 5.74) is 0. The van der Waals surface area contributed by atoms with Gasteiger partial charge in [0, 0.05) is 0 Å². The molecule has 0 heteroatoms. The maximum atomic E-state index is 2.26. The van der Waals surface area contributed by atoms with E-state index in [-0.39, 0.29) is 0 Å². The molecule has 0 unspecified atom stereocenters. The van der Waals surface area contributed by atoms with Crippen molar-refractivity contribution in [3.63, 3.8) is 0 Å². The second-order valence-electron chi connectivity index (χ2n) is 3.57. The van der Waals surface area contributed by atoms with Gasteiger partial charge in [-0.25, -0.2) is 0 Å². The molecule has 0 aromatic rings. The highest BCUT2D eigenvalue weighted by molar-refractivity contribution is 5.05. The van der Waals surface area contributed by atoms with Crippen LogP contribution in [0.15, 0.2) is 48.6 Å². The highest BCUT2D eigenvalue weighted by atomic mass is 13.9. The molecule has 0 radical (unpaired) electrons. The lowest BCUT2D eigenvalue weighted by Crippen LogP contribution is -1.71. The van der Waals surface area contributed by atoms with E-state index >= 15 is 0 Å². The van der Waals surface area contributed by atoms with Gasteiger partial charge in [0.05, 0.1) is 0 Å². The van der Waals surface area contributed by atoms with Gasteiger partial charge in [-0.2, -0.15) is 0 Å². The van der Waals surface area contributed by atoms with Gasteiger partial charge in [-0.1, -0.05) is 48.6 Å². The molecule has 0 atom stereocenters. The van der Waals surface area contributed by atoms with E-state index in [0.717, 1.165) is 0 Å². The Labute approximate surface area is 87.7 Å². The van der Waals surface area contributed by atoms with Crippen LogP contribution in [0.4, 0.5) is 0 Å². The van der Waals surface area contributed by atoms with Crippen LogP contribution in [0.3, 0.4) is 0 Å². The maximum Gasteiger partial charge on any atom is -0.0345 e. The molecular formula is C14H20. The van der Waals surface area contributed by atoms with Crippen molar-refractivity contribution in [1.29, 1.82) is 0 Å². The van der Waals surface area contributed by atoms with Gasteiger partial charge < -0.3 is 0 Å². The molecule has 0 amide bonds. The number of hydrogen-bond donors (Lipinski definition) is 0. The van der Waals surface area contributed by atoms with Gasteiger partial charge in [0.25, 0.3) is 0 Å². The third kappa shape index (κ3) is 6.47. The third-order valence-electron chi connectivity index (χ3n) is 2.25. The van der Waals surface area contributed by atoms with Crippen LogP contribution in [0.1, 0.15) is 38.5 Å². The Hall–Kier alpha value is -1.04. The van der Waals surface area contributed by atoms with Gasteiger partial charge in [-0.3, -0.25) is 0 Å². The molecule has 0 aromatic heterocycles. The zero-order chi connectivity index (χ0) is 9.90. The van der Waals surface area contributed by atoms with Gasteiger partial charge in [0.2, 0.25) is 0 Å². The lowest BCUT2D eigenvalue weighted by Gasteiger charge is -1.91. The van der Waals surface area contributed by atoms with Crippen molar-refractivity contribution >= 4 is 0 Å². The van der Waals surface area contributed by atoms with Gasteiger partial charge >= 0.3 is 0 Å². The first-order valence-electron chi connectivity index (χ1n) is 5.63.